The van der Waals surface area contributed by atoms with E-state index in [2.05, 4.69) is 21.2 Å². The van der Waals surface area contributed by atoms with Gasteiger partial charge in [-0.15, -0.1) is 0 Å². The van der Waals surface area contributed by atoms with E-state index < -0.39 is 28.5 Å². The smallest absolute Gasteiger partial charge is 0.244 e. The van der Waals surface area contributed by atoms with Gasteiger partial charge in [-0.3, -0.25) is 13.9 Å². The first-order valence-electron chi connectivity index (χ1n) is 12.7. The van der Waals surface area contributed by atoms with Gasteiger partial charge < -0.3 is 10.2 Å². The first-order valence-corrected chi connectivity index (χ1v) is 16.1. The zero-order chi connectivity index (χ0) is 29.4. The van der Waals surface area contributed by atoms with Crippen LogP contribution in [-0.2, 0) is 32.6 Å². The van der Waals surface area contributed by atoms with Crippen molar-refractivity contribution < 1.29 is 18.0 Å². The van der Waals surface area contributed by atoms with Crippen molar-refractivity contribution in [1.29, 1.82) is 0 Å². The Morgan fingerprint density at radius 3 is 2.17 bits per heavy atom. The fourth-order valence-corrected chi connectivity index (χ4v) is 5.43. The predicted molar refractivity (Wildman–Crippen MR) is 165 cm³/mol. The van der Waals surface area contributed by atoms with E-state index in [4.69, 9.17) is 23.2 Å². The van der Waals surface area contributed by atoms with Gasteiger partial charge in [-0.25, -0.2) is 8.42 Å². The van der Waals surface area contributed by atoms with Gasteiger partial charge in [0, 0.05) is 23.5 Å². The average molecular weight is 669 g/mol. The van der Waals surface area contributed by atoms with Crippen LogP contribution in [0.1, 0.15) is 31.4 Å². The lowest BCUT2D eigenvalue weighted by Gasteiger charge is -2.34. The molecule has 0 saturated heterocycles. The average Bonchev–Trinajstić information content (AvgIpc) is 2.91. The molecule has 40 heavy (non-hydrogen) atoms. The minimum Gasteiger partial charge on any atom is -0.352 e. The van der Waals surface area contributed by atoms with E-state index in [1.165, 1.54) is 23.1 Å². The Balaban J connectivity index is 2.06. The molecule has 2 atom stereocenters. The number of hydrogen-bond acceptors (Lipinski definition) is 4. The Kier molecular flexibility index (Phi) is 11.5. The van der Waals surface area contributed by atoms with Crippen molar-refractivity contribution in [3.63, 3.8) is 0 Å². The van der Waals surface area contributed by atoms with Crippen LogP contribution >= 0.6 is 39.1 Å². The number of halogens is 3. The molecule has 7 nitrogen and oxygen atoms in total. The minimum atomic E-state index is -3.91. The summed E-state index contributed by atoms with van der Waals surface area (Å²) in [6.07, 6.45) is 1.97. The van der Waals surface area contributed by atoms with Gasteiger partial charge in [0.15, 0.2) is 0 Å². The van der Waals surface area contributed by atoms with E-state index in [0.717, 1.165) is 26.2 Å². The quantitative estimate of drug-likeness (QED) is 0.254. The highest BCUT2D eigenvalue weighted by Crippen LogP contribution is 2.29. The summed E-state index contributed by atoms with van der Waals surface area (Å²) in [5.74, 6) is -0.858. The van der Waals surface area contributed by atoms with Gasteiger partial charge in [-0.2, -0.15) is 0 Å². The molecule has 2 amide bonds. The maximum absolute atomic E-state index is 14.1. The number of hydrogen-bond donors (Lipinski definition) is 1. The van der Waals surface area contributed by atoms with Crippen LogP contribution in [-0.4, -0.2) is 50.0 Å². The van der Waals surface area contributed by atoms with Crippen molar-refractivity contribution in [3.05, 3.63) is 98.4 Å². The molecule has 1 N–H and O–H groups in total. The van der Waals surface area contributed by atoms with E-state index in [0.29, 0.717) is 6.42 Å². The molecule has 0 aliphatic heterocycles. The molecule has 0 bridgehead atoms. The molecule has 0 aromatic heterocycles. The molecule has 0 radical (unpaired) electrons. The van der Waals surface area contributed by atoms with Crippen LogP contribution in [0.25, 0.3) is 0 Å². The lowest BCUT2D eigenvalue weighted by atomic mass is 10.0. The van der Waals surface area contributed by atoms with E-state index >= 15 is 0 Å². The van der Waals surface area contributed by atoms with Gasteiger partial charge in [-0.1, -0.05) is 88.5 Å². The minimum absolute atomic E-state index is 0.0938. The Morgan fingerprint density at radius 1 is 0.950 bits per heavy atom. The number of rotatable bonds is 12. The normalized spacial score (nSPS) is 12.8. The Hall–Kier alpha value is -2.59. The highest BCUT2D eigenvalue weighted by atomic mass is 79.9. The lowest BCUT2D eigenvalue weighted by molar-refractivity contribution is -0.140. The van der Waals surface area contributed by atoms with Crippen LogP contribution in [0.5, 0.6) is 0 Å². The van der Waals surface area contributed by atoms with Gasteiger partial charge in [-0.05, 0) is 54.8 Å². The Bertz CT molecular complexity index is 1420. The molecular weight excluding hydrogens is 637 g/mol. The van der Waals surface area contributed by atoms with Gasteiger partial charge in [0.25, 0.3) is 0 Å². The van der Waals surface area contributed by atoms with E-state index in [1.54, 1.807) is 0 Å². The molecule has 0 aliphatic carbocycles. The zero-order valence-electron chi connectivity index (χ0n) is 22.5. The summed E-state index contributed by atoms with van der Waals surface area (Å²) in [6, 6.07) is 20.1. The van der Waals surface area contributed by atoms with Crippen molar-refractivity contribution >= 4 is 66.7 Å². The van der Waals surface area contributed by atoms with Crippen molar-refractivity contribution in [2.75, 3.05) is 17.1 Å². The number of nitrogens with one attached hydrogen (secondary N) is 1. The van der Waals surface area contributed by atoms with Gasteiger partial charge >= 0.3 is 0 Å². The summed E-state index contributed by atoms with van der Waals surface area (Å²) in [5, 5.41) is 3.42. The second-order valence-electron chi connectivity index (χ2n) is 9.54. The van der Waals surface area contributed by atoms with Gasteiger partial charge in [0.05, 0.1) is 22.0 Å². The van der Waals surface area contributed by atoms with Gasteiger partial charge in [0.1, 0.15) is 12.6 Å². The number of benzene rings is 3. The third-order valence-electron chi connectivity index (χ3n) is 6.41. The third kappa shape index (κ3) is 8.96. The summed E-state index contributed by atoms with van der Waals surface area (Å²) in [5.41, 5.74) is 1.84. The van der Waals surface area contributed by atoms with Crippen LogP contribution in [0.2, 0.25) is 10.0 Å². The number of amides is 2. The summed E-state index contributed by atoms with van der Waals surface area (Å²) >= 11 is 15.6. The molecular formula is C29H32BrCl2N3O4S. The Morgan fingerprint density at radius 2 is 1.60 bits per heavy atom. The summed E-state index contributed by atoms with van der Waals surface area (Å²) in [7, 11) is -3.91. The lowest BCUT2D eigenvalue weighted by Crippen LogP contribution is -2.54. The topological polar surface area (TPSA) is 86.8 Å². The maximum atomic E-state index is 14.1. The van der Waals surface area contributed by atoms with Crippen molar-refractivity contribution in [2.24, 2.45) is 0 Å². The highest BCUT2D eigenvalue weighted by Gasteiger charge is 2.33. The molecule has 214 valence electrons. The SMILES string of the molecule is CC[C@@H](C)NC(=O)[C@@H](Cc1ccccc1)N(Cc1ccc(Br)cc1)C(=O)CN(c1ccc(Cl)c(Cl)c1)S(C)(=O)=O. The number of anilines is 1. The fraction of sp³-hybridized carbons (Fsp3) is 0.310. The fourth-order valence-electron chi connectivity index (χ4n) is 4.04. The third-order valence-corrected chi connectivity index (χ3v) is 8.82. The first kappa shape index (κ1) is 31.9. The summed E-state index contributed by atoms with van der Waals surface area (Å²) in [4.78, 5) is 29.2. The highest BCUT2D eigenvalue weighted by molar-refractivity contribution is 9.10. The van der Waals surface area contributed by atoms with E-state index in [-0.39, 0.29) is 40.6 Å². The maximum Gasteiger partial charge on any atom is 0.244 e. The van der Waals surface area contributed by atoms with Crippen molar-refractivity contribution in [2.45, 2.75) is 45.3 Å². The molecule has 3 rings (SSSR count). The van der Waals surface area contributed by atoms with E-state index in [9.17, 15) is 18.0 Å². The number of carbonyl (C=O) groups excluding carboxylic acids is 2. The number of nitrogens with zero attached hydrogens (tertiary/aromatic N) is 2. The van der Waals surface area contributed by atoms with Crippen LogP contribution in [0, 0.1) is 0 Å². The summed E-state index contributed by atoms with van der Waals surface area (Å²) in [6.45, 7) is 3.42. The van der Waals surface area contributed by atoms with Crippen LogP contribution in [0.4, 0.5) is 5.69 Å². The Labute approximate surface area is 254 Å². The second-order valence-corrected chi connectivity index (χ2v) is 13.2. The molecule has 0 unspecified atom stereocenters. The molecule has 0 saturated carbocycles. The molecule has 3 aromatic carbocycles. The van der Waals surface area contributed by atoms with Crippen LogP contribution in [0.15, 0.2) is 77.3 Å². The second kappa shape index (κ2) is 14.3. The molecule has 0 spiro atoms. The molecule has 0 aliphatic rings. The predicted octanol–water partition coefficient (Wildman–Crippen LogP) is 6.08. The summed E-state index contributed by atoms with van der Waals surface area (Å²) < 4.78 is 27.5. The van der Waals surface area contributed by atoms with Crippen molar-refractivity contribution in [3.8, 4) is 0 Å². The van der Waals surface area contributed by atoms with E-state index in [1.807, 2.05) is 68.4 Å². The molecule has 0 heterocycles. The van der Waals surface area contributed by atoms with Crippen molar-refractivity contribution in [1.82, 2.24) is 10.2 Å². The number of carbonyl (C=O) groups is 2. The van der Waals surface area contributed by atoms with Crippen LogP contribution in [0.3, 0.4) is 0 Å². The molecule has 11 heteroatoms. The molecule has 3 aromatic rings. The largest absolute Gasteiger partial charge is 0.352 e. The number of sulfonamides is 1. The van der Waals surface area contributed by atoms with Crippen LogP contribution < -0.4 is 9.62 Å². The zero-order valence-corrected chi connectivity index (χ0v) is 26.4. The first-order chi connectivity index (χ1) is 18.9. The standard InChI is InChI=1S/C29H32BrCl2N3O4S/c1-4-20(2)33-29(37)27(16-21-8-6-5-7-9-21)34(18-22-10-12-23(30)13-11-22)28(36)19-35(40(3,38)39)24-14-15-25(31)26(32)17-24/h5-15,17,20,27H,4,16,18-19H2,1-3H3,(H,33,37)/t20-,27-/m1/s1. The monoisotopic (exact) mass is 667 g/mol. The molecule has 0 fully saturated rings. The van der Waals surface area contributed by atoms with Gasteiger partial charge in [0.2, 0.25) is 21.8 Å².